The second-order valence-electron chi connectivity index (χ2n) is 7.50. The number of carbonyl (C=O) groups excluding carboxylic acids is 1. The number of nitrogens with one attached hydrogen (secondary N) is 2. The Balaban J connectivity index is 2.08. The molecular formula is C19H27N7O. The zero-order valence-corrected chi connectivity index (χ0v) is 15.9. The lowest BCUT2D eigenvalue weighted by Gasteiger charge is -2.31. The molecule has 1 saturated carbocycles. The van der Waals surface area contributed by atoms with Crippen LogP contribution in [0.3, 0.4) is 0 Å². The fourth-order valence-electron chi connectivity index (χ4n) is 3.89. The summed E-state index contributed by atoms with van der Waals surface area (Å²) in [5.74, 6) is 1.73. The van der Waals surface area contributed by atoms with Gasteiger partial charge in [0.15, 0.2) is 5.84 Å². The van der Waals surface area contributed by atoms with Gasteiger partial charge >= 0.3 is 0 Å². The zero-order chi connectivity index (χ0) is 19.4. The SMILES string of the molecule is CC(C)Cc1nc2cnc(C(N)=NC=N)cc2n1C1CCCC(NC=O)C1. The fraction of sp³-hybridized carbons (Fsp3) is 0.526. The Morgan fingerprint density at radius 2 is 2.33 bits per heavy atom. The Kier molecular flexibility index (Phi) is 5.83. The van der Waals surface area contributed by atoms with Crippen LogP contribution in [0.1, 0.15) is 57.1 Å². The minimum absolute atomic E-state index is 0.191. The van der Waals surface area contributed by atoms with Gasteiger partial charge in [0.25, 0.3) is 0 Å². The van der Waals surface area contributed by atoms with Gasteiger partial charge in [-0.2, -0.15) is 0 Å². The van der Waals surface area contributed by atoms with Crippen molar-refractivity contribution in [2.45, 2.75) is 58.0 Å². The van der Waals surface area contributed by atoms with Gasteiger partial charge in [0.1, 0.15) is 23.4 Å². The number of nitrogens with two attached hydrogens (primary N) is 1. The van der Waals surface area contributed by atoms with Crippen LogP contribution in [0.4, 0.5) is 0 Å². The number of fused-ring (bicyclic) bond motifs is 1. The van der Waals surface area contributed by atoms with Crippen molar-refractivity contribution in [3.05, 3.63) is 23.8 Å². The number of amides is 1. The van der Waals surface area contributed by atoms with E-state index in [0.29, 0.717) is 11.6 Å². The molecule has 0 aliphatic heterocycles. The molecule has 1 amide bonds. The average molecular weight is 369 g/mol. The number of aliphatic imine (C=N–C) groups is 1. The third-order valence-corrected chi connectivity index (χ3v) is 5.02. The molecule has 0 bridgehead atoms. The van der Waals surface area contributed by atoms with Crippen molar-refractivity contribution in [2.24, 2.45) is 16.6 Å². The molecule has 0 saturated heterocycles. The summed E-state index contributed by atoms with van der Waals surface area (Å²) in [5, 5.41) is 10.1. The topological polar surface area (TPSA) is 122 Å². The van der Waals surface area contributed by atoms with Crippen LogP contribution in [-0.2, 0) is 11.2 Å². The number of hydrogen-bond donors (Lipinski definition) is 3. The molecule has 2 atom stereocenters. The summed E-state index contributed by atoms with van der Waals surface area (Å²) in [7, 11) is 0. The number of nitrogens with zero attached hydrogens (tertiary/aromatic N) is 4. The predicted octanol–water partition coefficient (Wildman–Crippen LogP) is 2.17. The van der Waals surface area contributed by atoms with Gasteiger partial charge in [0.2, 0.25) is 6.41 Å². The summed E-state index contributed by atoms with van der Waals surface area (Å²) in [6, 6.07) is 2.37. The number of hydrogen-bond acceptors (Lipinski definition) is 4. The van der Waals surface area contributed by atoms with Gasteiger partial charge < -0.3 is 15.6 Å². The van der Waals surface area contributed by atoms with Gasteiger partial charge in [0.05, 0.1) is 11.7 Å². The van der Waals surface area contributed by atoms with Crippen LogP contribution in [-0.4, -0.2) is 39.2 Å². The highest BCUT2D eigenvalue weighted by Gasteiger charge is 2.27. The molecule has 8 nitrogen and oxygen atoms in total. The first-order valence-corrected chi connectivity index (χ1v) is 9.42. The number of amidine groups is 1. The van der Waals surface area contributed by atoms with E-state index in [9.17, 15) is 4.79 Å². The Labute approximate surface area is 158 Å². The van der Waals surface area contributed by atoms with Gasteiger partial charge in [0, 0.05) is 18.5 Å². The lowest BCUT2D eigenvalue weighted by molar-refractivity contribution is -0.110. The van der Waals surface area contributed by atoms with Crippen LogP contribution >= 0.6 is 0 Å². The standard InChI is InChI=1S/C19H27N7O/c1-12(2)6-18-25-16-9-22-15(19(21)23-10-20)8-17(16)26(18)14-5-3-4-13(7-14)24-11-27/h8-14H,3-7H2,1-2H3,(H,24,27)(H3,20,21,23). The second kappa shape index (κ2) is 8.28. The molecule has 1 aliphatic carbocycles. The minimum Gasteiger partial charge on any atom is -0.382 e. The average Bonchev–Trinajstić information content (AvgIpc) is 2.98. The van der Waals surface area contributed by atoms with Crippen LogP contribution < -0.4 is 11.1 Å². The fourth-order valence-corrected chi connectivity index (χ4v) is 3.89. The molecule has 3 rings (SSSR count). The Morgan fingerprint density at radius 1 is 1.52 bits per heavy atom. The molecule has 1 aliphatic rings. The van der Waals surface area contributed by atoms with E-state index < -0.39 is 0 Å². The van der Waals surface area contributed by atoms with Crippen LogP contribution in [0.5, 0.6) is 0 Å². The number of aromatic nitrogens is 3. The van der Waals surface area contributed by atoms with E-state index in [-0.39, 0.29) is 17.9 Å². The normalized spacial score (nSPS) is 20.8. The Morgan fingerprint density at radius 3 is 3.04 bits per heavy atom. The molecule has 27 heavy (non-hydrogen) atoms. The third kappa shape index (κ3) is 4.15. The predicted molar refractivity (Wildman–Crippen MR) is 106 cm³/mol. The smallest absolute Gasteiger partial charge is 0.207 e. The molecule has 4 N–H and O–H groups in total. The third-order valence-electron chi connectivity index (χ3n) is 5.02. The van der Waals surface area contributed by atoms with Crippen molar-refractivity contribution >= 4 is 29.6 Å². The number of rotatable bonds is 7. The van der Waals surface area contributed by atoms with Gasteiger partial charge in [-0.25, -0.2) is 9.98 Å². The number of carbonyl (C=O) groups is 1. The van der Waals surface area contributed by atoms with E-state index in [0.717, 1.165) is 61.7 Å². The number of imidazole rings is 1. The number of pyridine rings is 1. The van der Waals surface area contributed by atoms with Crippen molar-refractivity contribution in [3.63, 3.8) is 0 Å². The van der Waals surface area contributed by atoms with E-state index in [1.54, 1.807) is 6.20 Å². The van der Waals surface area contributed by atoms with Crippen LogP contribution in [0, 0.1) is 11.3 Å². The molecule has 8 heteroatoms. The van der Waals surface area contributed by atoms with Crippen LogP contribution in [0.2, 0.25) is 0 Å². The van der Waals surface area contributed by atoms with Gasteiger partial charge in [-0.3, -0.25) is 15.2 Å². The van der Waals surface area contributed by atoms with Gasteiger partial charge in [-0.15, -0.1) is 0 Å². The first-order valence-electron chi connectivity index (χ1n) is 9.42. The minimum atomic E-state index is 0.191. The van der Waals surface area contributed by atoms with Gasteiger partial charge in [-0.1, -0.05) is 13.8 Å². The highest BCUT2D eigenvalue weighted by molar-refractivity contribution is 6.01. The lowest BCUT2D eigenvalue weighted by atomic mass is 9.90. The molecule has 2 unspecified atom stereocenters. The van der Waals surface area contributed by atoms with Gasteiger partial charge in [-0.05, 0) is 37.7 Å². The van der Waals surface area contributed by atoms with Crippen molar-refractivity contribution in [1.82, 2.24) is 19.9 Å². The van der Waals surface area contributed by atoms with Crippen molar-refractivity contribution < 1.29 is 4.79 Å². The summed E-state index contributed by atoms with van der Waals surface area (Å²) >= 11 is 0. The summed E-state index contributed by atoms with van der Waals surface area (Å²) in [6.07, 6.45) is 8.31. The van der Waals surface area contributed by atoms with E-state index in [2.05, 4.69) is 33.7 Å². The van der Waals surface area contributed by atoms with Crippen molar-refractivity contribution in [1.29, 1.82) is 5.41 Å². The Hall–Kier alpha value is -2.77. The maximum Gasteiger partial charge on any atom is 0.207 e. The van der Waals surface area contributed by atoms with Crippen LogP contribution in [0.25, 0.3) is 11.0 Å². The molecule has 1 fully saturated rings. The molecular weight excluding hydrogens is 342 g/mol. The molecule has 2 aromatic heterocycles. The molecule has 0 spiro atoms. The highest BCUT2D eigenvalue weighted by Crippen LogP contribution is 2.33. The quantitative estimate of drug-likeness (QED) is 0.393. The zero-order valence-electron chi connectivity index (χ0n) is 15.9. The monoisotopic (exact) mass is 369 g/mol. The first kappa shape index (κ1) is 19.0. The van der Waals surface area contributed by atoms with Crippen LogP contribution in [0.15, 0.2) is 17.3 Å². The lowest BCUT2D eigenvalue weighted by Crippen LogP contribution is -2.34. The molecule has 0 radical (unpaired) electrons. The molecule has 2 aromatic rings. The van der Waals surface area contributed by atoms with Crippen molar-refractivity contribution in [2.75, 3.05) is 0 Å². The van der Waals surface area contributed by atoms with Crippen molar-refractivity contribution in [3.8, 4) is 0 Å². The van der Waals surface area contributed by atoms with E-state index in [1.807, 2.05) is 6.07 Å². The Bertz CT molecular complexity index is 855. The maximum atomic E-state index is 10.9. The molecule has 144 valence electrons. The summed E-state index contributed by atoms with van der Waals surface area (Å²) in [5.41, 5.74) is 8.29. The maximum absolute atomic E-state index is 10.9. The molecule has 0 aromatic carbocycles. The van der Waals surface area contributed by atoms with E-state index in [4.69, 9.17) is 16.1 Å². The second-order valence-corrected chi connectivity index (χ2v) is 7.50. The summed E-state index contributed by atoms with van der Waals surface area (Å²) in [4.78, 5) is 23.9. The largest absolute Gasteiger partial charge is 0.382 e. The summed E-state index contributed by atoms with van der Waals surface area (Å²) < 4.78 is 2.30. The summed E-state index contributed by atoms with van der Waals surface area (Å²) in [6.45, 7) is 4.36. The van der Waals surface area contributed by atoms with E-state index >= 15 is 0 Å². The first-order chi connectivity index (χ1) is 13.0. The molecule has 2 heterocycles. The van der Waals surface area contributed by atoms with E-state index in [1.165, 1.54) is 0 Å². The highest BCUT2D eigenvalue weighted by atomic mass is 16.1.